The second-order valence-corrected chi connectivity index (χ2v) is 4.76. The topological polar surface area (TPSA) is 92.5 Å². The zero-order valence-electron chi connectivity index (χ0n) is 11.3. The van der Waals surface area contributed by atoms with E-state index in [-0.39, 0.29) is 29.8 Å². The summed E-state index contributed by atoms with van der Waals surface area (Å²) >= 11 is 0. The van der Waals surface area contributed by atoms with Gasteiger partial charge in [0.05, 0.1) is 10.5 Å². The molecule has 1 aromatic rings. The minimum atomic E-state index is -0.820. The summed E-state index contributed by atoms with van der Waals surface area (Å²) in [6, 6.07) is 2.47. The molecule has 2 N–H and O–H groups in total. The largest absolute Gasteiger partial charge is 0.396 e. The van der Waals surface area contributed by atoms with Gasteiger partial charge in [-0.2, -0.15) is 0 Å². The molecule has 0 radical (unpaired) electrons. The van der Waals surface area contributed by atoms with Crippen LogP contribution in [0, 0.1) is 21.8 Å². The third-order valence-electron chi connectivity index (χ3n) is 2.97. The van der Waals surface area contributed by atoms with E-state index in [1.807, 2.05) is 13.8 Å². The minimum Gasteiger partial charge on any atom is -0.396 e. The maximum Gasteiger partial charge on any atom is 0.270 e. The van der Waals surface area contributed by atoms with Crippen LogP contribution in [0.25, 0.3) is 0 Å². The highest BCUT2D eigenvalue weighted by atomic mass is 19.1. The third kappa shape index (κ3) is 3.99. The van der Waals surface area contributed by atoms with Crippen molar-refractivity contribution in [2.75, 3.05) is 6.61 Å². The van der Waals surface area contributed by atoms with E-state index >= 15 is 0 Å². The molecule has 1 rings (SSSR count). The Balaban J connectivity index is 2.96. The number of nitrogens with one attached hydrogen (secondary N) is 1. The van der Waals surface area contributed by atoms with Gasteiger partial charge in [-0.05, 0) is 18.4 Å². The second kappa shape index (κ2) is 6.95. The first-order chi connectivity index (χ1) is 9.36. The number of nitrogens with zero attached hydrogens (tertiary/aromatic N) is 1. The van der Waals surface area contributed by atoms with Crippen LogP contribution >= 0.6 is 0 Å². The highest BCUT2D eigenvalue weighted by Gasteiger charge is 2.21. The number of non-ortho nitro benzene ring substituents is 1. The SMILES string of the molecule is CC(C)C(CCO)NC(=O)c1cc([N+](=O)[O-])ccc1F. The summed E-state index contributed by atoms with van der Waals surface area (Å²) < 4.78 is 13.6. The fraction of sp³-hybridized carbons (Fsp3) is 0.462. The van der Waals surface area contributed by atoms with Crippen molar-refractivity contribution < 1.29 is 19.2 Å². The van der Waals surface area contributed by atoms with Crippen LogP contribution in [0.2, 0.25) is 0 Å². The van der Waals surface area contributed by atoms with Crippen molar-refractivity contribution in [3.8, 4) is 0 Å². The van der Waals surface area contributed by atoms with Crippen molar-refractivity contribution in [1.82, 2.24) is 5.32 Å². The molecule has 20 heavy (non-hydrogen) atoms. The predicted molar refractivity (Wildman–Crippen MR) is 70.8 cm³/mol. The summed E-state index contributed by atoms with van der Waals surface area (Å²) in [6.07, 6.45) is 0.333. The number of aliphatic hydroxyl groups is 1. The number of halogens is 1. The zero-order chi connectivity index (χ0) is 15.3. The van der Waals surface area contributed by atoms with Crippen LogP contribution < -0.4 is 5.32 Å². The number of hydrogen-bond acceptors (Lipinski definition) is 4. The van der Waals surface area contributed by atoms with E-state index in [0.29, 0.717) is 6.42 Å². The molecule has 1 unspecified atom stereocenters. The van der Waals surface area contributed by atoms with Gasteiger partial charge in [-0.15, -0.1) is 0 Å². The molecule has 0 aliphatic rings. The number of hydrogen-bond donors (Lipinski definition) is 2. The molecule has 0 aliphatic carbocycles. The van der Waals surface area contributed by atoms with Crippen LogP contribution in [0.1, 0.15) is 30.6 Å². The molecule has 7 heteroatoms. The molecule has 0 saturated heterocycles. The maximum atomic E-state index is 13.6. The average molecular weight is 284 g/mol. The molecule has 110 valence electrons. The van der Waals surface area contributed by atoms with Gasteiger partial charge in [-0.1, -0.05) is 13.8 Å². The Labute approximate surface area is 115 Å². The average Bonchev–Trinajstić information content (AvgIpc) is 2.38. The molecule has 1 amide bonds. The first-order valence-electron chi connectivity index (χ1n) is 6.22. The summed E-state index contributed by atoms with van der Waals surface area (Å²) in [4.78, 5) is 21.9. The lowest BCUT2D eigenvalue weighted by Crippen LogP contribution is -2.39. The summed E-state index contributed by atoms with van der Waals surface area (Å²) in [5, 5.41) is 22.1. The second-order valence-electron chi connectivity index (χ2n) is 4.76. The van der Waals surface area contributed by atoms with E-state index < -0.39 is 16.6 Å². The van der Waals surface area contributed by atoms with Gasteiger partial charge in [0.1, 0.15) is 5.82 Å². The Bertz CT molecular complexity index is 505. The molecule has 1 aromatic carbocycles. The molecule has 0 heterocycles. The Morgan fingerprint density at radius 1 is 1.50 bits per heavy atom. The number of benzene rings is 1. The minimum absolute atomic E-state index is 0.0489. The number of carbonyl (C=O) groups excluding carboxylic acids is 1. The summed E-state index contributed by atoms with van der Waals surface area (Å²) in [6.45, 7) is 3.59. The lowest BCUT2D eigenvalue weighted by molar-refractivity contribution is -0.384. The number of carbonyl (C=O) groups is 1. The van der Waals surface area contributed by atoms with Crippen molar-refractivity contribution in [1.29, 1.82) is 0 Å². The van der Waals surface area contributed by atoms with Crippen LogP contribution in [0.15, 0.2) is 18.2 Å². The number of nitro benzene ring substituents is 1. The molecule has 6 nitrogen and oxygen atoms in total. The third-order valence-corrected chi connectivity index (χ3v) is 2.97. The van der Waals surface area contributed by atoms with Crippen LogP contribution in [-0.4, -0.2) is 28.6 Å². The number of aliphatic hydroxyl groups excluding tert-OH is 1. The van der Waals surface area contributed by atoms with Gasteiger partial charge in [0.25, 0.3) is 11.6 Å². The highest BCUT2D eigenvalue weighted by Crippen LogP contribution is 2.17. The van der Waals surface area contributed by atoms with Crippen molar-refractivity contribution in [3.05, 3.63) is 39.7 Å². The Morgan fingerprint density at radius 2 is 2.15 bits per heavy atom. The fourth-order valence-electron chi connectivity index (χ4n) is 1.76. The molecule has 0 fully saturated rings. The summed E-state index contributed by atoms with van der Waals surface area (Å²) in [7, 11) is 0. The molecule has 0 saturated carbocycles. The van der Waals surface area contributed by atoms with E-state index in [2.05, 4.69) is 5.32 Å². The molecular formula is C13H17FN2O4. The summed E-state index contributed by atoms with van der Waals surface area (Å²) in [5.41, 5.74) is -0.720. The Hall–Kier alpha value is -2.02. The first-order valence-corrected chi connectivity index (χ1v) is 6.22. The number of nitro groups is 1. The van der Waals surface area contributed by atoms with Crippen LogP contribution in [-0.2, 0) is 0 Å². The van der Waals surface area contributed by atoms with Crippen LogP contribution in [0.5, 0.6) is 0 Å². The van der Waals surface area contributed by atoms with E-state index in [1.54, 1.807) is 0 Å². The van der Waals surface area contributed by atoms with E-state index in [4.69, 9.17) is 5.11 Å². The van der Waals surface area contributed by atoms with E-state index in [9.17, 15) is 19.3 Å². The molecule has 0 aromatic heterocycles. The van der Waals surface area contributed by atoms with Crippen LogP contribution in [0.3, 0.4) is 0 Å². The maximum absolute atomic E-state index is 13.6. The quantitative estimate of drug-likeness (QED) is 0.616. The van der Waals surface area contributed by atoms with Gasteiger partial charge in [-0.25, -0.2) is 4.39 Å². The number of amides is 1. The molecule has 0 bridgehead atoms. The zero-order valence-corrected chi connectivity index (χ0v) is 11.3. The standard InChI is InChI=1S/C13H17FN2O4/c1-8(2)12(5-6-17)15-13(18)10-7-9(16(19)20)3-4-11(10)14/h3-4,7-8,12,17H,5-6H2,1-2H3,(H,15,18). The molecule has 0 spiro atoms. The van der Waals surface area contributed by atoms with Crippen molar-refractivity contribution in [3.63, 3.8) is 0 Å². The highest BCUT2D eigenvalue weighted by molar-refractivity contribution is 5.95. The molecule has 0 aliphatic heterocycles. The van der Waals surface area contributed by atoms with Gasteiger partial charge < -0.3 is 10.4 Å². The fourth-order valence-corrected chi connectivity index (χ4v) is 1.76. The van der Waals surface area contributed by atoms with E-state index in [0.717, 1.165) is 18.2 Å². The van der Waals surface area contributed by atoms with Crippen molar-refractivity contribution >= 4 is 11.6 Å². The Kier molecular flexibility index (Phi) is 5.57. The van der Waals surface area contributed by atoms with Crippen molar-refractivity contribution in [2.45, 2.75) is 26.3 Å². The predicted octanol–water partition coefficient (Wildman–Crippen LogP) is 1.87. The lowest BCUT2D eigenvalue weighted by atomic mass is 10.0. The van der Waals surface area contributed by atoms with Gasteiger partial charge >= 0.3 is 0 Å². The summed E-state index contributed by atoms with van der Waals surface area (Å²) in [5.74, 6) is -1.49. The first kappa shape index (κ1) is 16.0. The van der Waals surface area contributed by atoms with E-state index in [1.165, 1.54) is 0 Å². The van der Waals surface area contributed by atoms with Gasteiger partial charge in [0, 0.05) is 24.8 Å². The van der Waals surface area contributed by atoms with Crippen molar-refractivity contribution in [2.24, 2.45) is 5.92 Å². The monoisotopic (exact) mass is 284 g/mol. The van der Waals surface area contributed by atoms with Gasteiger partial charge in [0.15, 0.2) is 0 Å². The smallest absolute Gasteiger partial charge is 0.270 e. The Morgan fingerprint density at radius 3 is 2.65 bits per heavy atom. The van der Waals surface area contributed by atoms with Gasteiger partial charge in [0.2, 0.25) is 0 Å². The van der Waals surface area contributed by atoms with Gasteiger partial charge in [-0.3, -0.25) is 14.9 Å². The van der Waals surface area contributed by atoms with Crippen LogP contribution in [0.4, 0.5) is 10.1 Å². The molecular weight excluding hydrogens is 267 g/mol. The number of rotatable bonds is 6. The molecule has 1 atom stereocenters. The lowest BCUT2D eigenvalue weighted by Gasteiger charge is -2.21. The normalized spacial score (nSPS) is 12.2.